The highest BCUT2D eigenvalue weighted by Crippen LogP contribution is 2.32. The van der Waals surface area contributed by atoms with Gasteiger partial charge in [0, 0.05) is 6.54 Å². The van der Waals surface area contributed by atoms with Crippen LogP contribution < -0.4 is 5.73 Å². The molecule has 106 valence electrons. The predicted molar refractivity (Wildman–Crippen MR) is 60.9 cm³/mol. The van der Waals surface area contributed by atoms with Crippen molar-refractivity contribution in [3.05, 3.63) is 35.9 Å². The quantitative estimate of drug-likeness (QED) is 0.797. The number of nitrogens with two attached hydrogens (primary N) is 1. The van der Waals surface area contributed by atoms with E-state index in [1.54, 1.807) is 30.3 Å². The van der Waals surface area contributed by atoms with Crippen molar-refractivity contribution in [1.82, 2.24) is 0 Å². The maximum absolute atomic E-state index is 12.5. The van der Waals surface area contributed by atoms with E-state index in [0.717, 1.165) is 0 Å². The molecular weight excluding hydrogens is 263 g/mol. The molecule has 0 aliphatic rings. The SMILES string of the molecule is NC[C@@](O)(CC(=O)OCc1ccccc1)C(F)(F)F. The van der Waals surface area contributed by atoms with E-state index in [1.165, 1.54) is 0 Å². The molecule has 1 rings (SSSR count). The lowest BCUT2D eigenvalue weighted by Crippen LogP contribution is -2.52. The number of ether oxygens (including phenoxy) is 1. The third-order valence-electron chi connectivity index (χ3n) is 2.54. The molecule has 0 radical (unpaired) electrons. The summed E-state index contributed by atoms with van der Waals surface area (Å²) in [6.07, 6.45) is -6.20. The highest BCUT2D eigenvalue weighted by molar-refractivity contribution is 5.71. The van der Waals surface area contributed by atoms with E-state index in [1.807, 2.05) is 0 Å². The van der Waals surface area contributed by atoms with Gasteiger partial charge in [0.25, 0.3) is 0 Å². The van der Waals surface area contributed by atoms with Gasteiger partial charge in [0.05, 0.1) is 6.42 Å². The molecule has 0 spiro atoms. The molecule has 0 bridgehead atoms. The minimum atomic E-state index is -4.98. The molecule has 0 amide bonds. The van der Waals surface area contributed by atoms with Crippen molar-refractivity contribution in [3.8, 4) is 0 Å². The molecule has 0 fully saturated rings. The number of aliphatic hydroxyl groups is 1. The molecule has 1 aromatic rings. The first-order chi connectivity index (χ1) is 8.78. The van der Waals surface area contributed by atoms with Crippen LogP contribution in [0.3, 0.4) is 0 Å². The number of carbonyl (C=O) groups is 1. The van der Waals surface area contributed by atoms with E-state index >= 15 is 0 Å². The van der Waals surface area contributed by atoms with Gasteiger partial charge in [0.2, 0.25) is 0 Å². The first kappa shape index (κ1) is 15.5. The number of hydrogen-bond acceptors (Lipinski definition) is 4. The van der Waals surface area contributed by atoms with E-state index in [0.29, 0.717) is 5.56 Å². The zero-order valence-corrected chi connectivity index (χ0v) is 9.98. The second kappa shape index (κ2) is 6.03. The Morgan fingerprint density at radius 2 is 1.84 bits per heavy atom. The summed E-state index contributed by atoms with van der Waals surface area (Å²) in [6, 6.07) is 8.48. The molecule has 1 aromatic carbocycles. The van der Waals surface area contributed by atoms with Gasteiger partial charge in [-0.15, -0.1) is 0 Å². The molecule has 0 aliphatic heterocycles. The highest BCUT2D eigenvalue weighted by Gasteiger charge is 2.54. The maximum Gasteiger partial charge on any atom is 0.419 e. The second-order valence-corrected chi connectivity index (χ2v) is 4.06. The van der Waals surface area contributed by atoms with Crippen molar-refractivity contribution >= 4 is 5.97 Å². The molecule has 3 N–H and O–H groups in total. The van der Waals surface area contributed by atoms with Crippen molar-refractivity contribution in [1.29, 1.82) is 0 Å². The van der Waals surface area contributed by atoms with Gasteiger partial charge >= 0.3 is 12.1 Å². The molecule has 0 aromatic heterocycles. The Balaban J connectivity index is 2.55. The largest absolute Gasteiger partial charge is 0.461 e. The summed E-state index contributed by atoms with van der Waals surface area (Å²) in [4.78, 5) is 11.3. The number of hydrogen-bond donors (Lipinski definition) is 2. The number of halogens is 3. The first-order valence-corrected chi connectivity index (χ1v) is 5.47. The number of esters is 1. The standard InChI is InChI=1S/C12H14F3NO3/c13-12(14,15)11(18,8-16)6-10(17)19-7-9-4-2-1-3-5-9/h1-5,18H,6-8,16H2/t11-/m0/s1. The van der Waals surface area contributed by atoms with Gasteiger partial charge in [-0.05, 0) is 5.56 Å². The Morgan fingerprint density at radius 1 is 1.26 bits per heavy atom. The van der Waals surface area contributed by atoms with E-state index in [2.05, 4.69) is 4.74 Å². The van der Waals surface area contributed by atoms with Crippen LogP contribution in [0, 0.1) is 0 Å². The Morgan fingerprint density at radius 3 is 2.32 bits per heavy atom. The average molecular weight is 277 g/mol. The van der Waals surface area contributed by atoms with E-state index < -0.39 is 30.7 Å². The third kappa shape index (κ3) is 4.22. The summed E-state index contributed by atoms with van der Waals surface area (Å²) >= 11 is 0. The number of rotatable bonds is 5. The Kier molecular flexibility index (Phi) is 4.90. The topological polar surface area (TPSA) is 72.5 Å². The second-order valence-electron chi connectivity index (χ2n) is 4.06. The summed E-state index contributed by atoms with van der Waals surface area (Å²) in [5.74, 6) is -1.16. The molecule has 0 saturated heterocycles. The Hall–Kier alpha value is -1.60. The molecular formula is C12H14F3NO3. The Bertz CT molecular complexity index is 422. The summed E-state index contributed by atoms with van der Waals surface area (Å²) in [5, 5.41) is 9.27. The van der Waals surface area contributed by atoms with E-state index in [4.69, 9.17) is 5.73 Å². The highest BCUT2D eigenvalue weighted by atomic mass is 19.4. The first-order valence-electron chi connectivity index (χ1n) is 5.47. The van der Waals surface area contributed by atoms with Crippen LogP contribution in [0.2, 0.25) is 0 Å². The van der Waals surface area contributed by atoms with Gasteiger partial charge in [-0.25, -0.2) is 0 Å². The monoisotopic (exact) mass is 277 g/mol. The molecule has 0 saturated carbocycles. The normalized spacial score (nSPS) is 14.8. The van der Waals surface area contributed by atoms with Crippen LogP contribution in [0.15, 0.2) is 30.3 Å². The summed E-state index contributed by atoms with van der Waals surface area (Å²) in [5.41, 5.74) is 2.26. The van der Waals surface area contributed by atoms with Crippen molar-refractivity contribution in [2.24, 2.45) is 5.73 Å². The van der Waals surface area contributed by atoms with Crippen LogP contribution >= 0.6 is 0 Å². The summed E-state index contributed by atoms with van der Waals surface area (Å²) in [7, 11) is 0. The van der Waals surface area contributed by atoms with Gasteiger partial charge in [0.1, 0.15) is 6.61 Å². The van der Waals surface area contributed by atoms with Crippen molar-refractivity contribution in [3.63, 3.8) is 0 Å². The lowest BCUT2D eigenvalue weighted by molar-refractivity contribution is -0.259. The summed E-state index contributed by atoms with van der Waals surface area (Å²) < 4.78 is 42.1. The lowest BCUT2D eigenvalue weighted by atomic mass is 9.99. The maximum atomic E-state index is 12.5. The predicted octanol–water partition coefficient (Wildman–Crippen LogP) is 1.37. The molecule has 1 atom stereocenters. The van der Waals surface area contributed by atoms with Gasteiger partial charge in [-0.3, -0.25) is 4.79 Å². The van der Waals surface area contributed by atoms with E-state index in [-0.39, 0.29) is 6.61 Å². The third-order valence-corrected chi connectivity index (χ3v) is 2.54. The number of benzene rings is 1. The smallest absolute Gasteiger partial charge is 0.419 e. The fourth-order valence-electron chi connectivity index (χ4n) is 1.32. The van der Waals surface area contributed by atoms with Gasteiger partial charge in [-0.1, -0.05) is 30.3 Å². The zero-order chi connectivity index (χ0) is 14.5. The molecule has 0 aliphatic carbocycles. The molecule has 0 heterocycles. The van der Waals surface area contributed by atoms with Crippen LogP contribution in [-0.2, 0) is 16.1 Å². The molecule has 7 heteroatoms. The van der Waals surface area contributed by atoms with Crippen LogP contribution in [0.1, 0.15) is 12.0 Å². The van der Waals surface area contributed by atoms with Gasteiger partial charge < -0.3 is 15.6 Å². The van der Waals surface area contributed by atoms with E-state index in [9.17, 15) is 23.1 Å². The number of alkyl halides is 3. The molecule has 19 heavy (non-hydrogen) atoms. The van der Waals surface area contributed by atoms with Crippen LogP contribution in [0.25, 0.3) is 0 Å². The van der Waals surface area contributed by atoms with Crippen LogP contribution in [0.4, 0.5) is 13.2 Å². The average Bonchev–Trinajstić information content (AvgIpc) is 2.36. The zero-order valence-electron chi connectivity index (χ0n) is 9.98. The van der Waals surface area contributed by atoms with Crippen molar-refractivity contribution in [2.75, 3.05) is 6.54 Å². The summed E-state index contributed by atoms with van der Waals surface area (Å²) in [6.45, 7) is -1.25. The number of carbonyl (C=O) groups excluding carboxylic acids is 1. The van der Waals surface area contributed by atoms with Crippen LogP contribution in [0.5, 0.6) is 0 Å². The van der Waals surface area contributed by atoms with Gasteiger partial charge in [0.15, 0.2) is 5.60 Å². The molecule has 0 unspecified atom stereocenters. The van der Waals surface area contributed by atoms with Crippen molar-refractivity contribution < 1.29 is 27.8 Å². The van der Waals surface area contributed by atoms with Gasteiger partial charge in [-0.2, -0.15) is 13.2 Å². The lowest BCUT2D eigenvalue weighted by Gasteiger charge is -2.27. The van der Waals surface area contributed by atoms with Crippen LogP contribution in [-0.4, -0.2) is 29.4 Å². The fourth-order valence-corrected chi connectivity index (χ4v) is 1.32. The fraction of sp³-hybridized carbons (Fsp3) is 0.417. The minimum Gasteiger partial charge on any atom is -0.461 e. The Labute approximate surface area is 108 Å². The van der Waals surface area contributed by atoms with Crippen molar-refractivity contribution in [2.45, 2.75) is 24.8 Å². The minimum absolute atomic E-state index is 0.155. The molecule has 4 nitrogen and oxygen atoms in total.